The van der Waals surface area contributed by atoms with Crippen molar-refractivity contribution < 1.29 is 37.0 Å². The Kier molecular flexibility index (Phi) is 8.45. The lowest BCUT2D eigenvalue weighted by Gasteiger charge is -2.22. The number of ether oxygens (including phenoxy) is 3. The van der Waals surface area contributed by atoms with Crippen molar-refractivity contribution in [3.63, 3.8) is 0 Å². The van der Waals surface area contributed by atoms with Crippen molar-refractivity contribution in [3.05, 3.63) is 53.3 Å². The van der Waals surface area contributed by atoms with Crippen molar-refractivity contribution in [1.29, 1.82) is 0 Å². The van der Waals surface area contributed by atoms with Gasteiger partial charge in [0.25, 0.3) is 0 Å². The number of alkyl halides is 2. The summed E-state index contributed by atoms with van der Waals surface area (Å²) >= 11 is 0. The molecule has 1 aliphatic carbocycles. The number of nitrogens with one attached hydrogen (secondary N) is 1. The van der Waals surface area contributed by atoms with Crippen LogP contribution in [0.5, 0.6) is 17.2 Å². The standard InChI is InChI=1S/C27H31F3N2O5/c1-3-35-24-12-21(28)8-6-19(24)13-31-26(34)22-10-20(14-32(22)16(2)33)18-7-9-23(37-27(29)30)25(11-18)36-15-17-4-5-17/h6-9,11-12,17,20,22,27H,3-5,10,13-15H2,1-2H3,(H,31,34)/t20?,22-/m1/s1. The minimum absolute atomic E-state index is 0.0421. The number of hydrogen-bond acceptors (Lipinski definition) is 5. The summed E-state index contributed by atoms with van der Waals surface area (Å²) < 4.78 is 55.2. The monoisotopic (exact) mass is 520 g/mol. The lowest BCUT2D eigenvalue weighted by molar-refractivity contribution is -0.136. The van der Waals surface area contributed by atoms with Gasteiger partial charge in [-0.3, -0.25) is 9.59 Å². The van der Waals surface area contributed by atoms with Crippen molar-refractivity contribution in [1.82, 2.24) is 10.2 Å². The number of hydrogen-bond donors (Lipinski definition) is 1. The molecule has 2 atom stereocenters. The molecule has 2 amide bonds. The van der Waals surface area contributed by atoms with E-state index in [4.69, 9.17) is 9.47 Å². The largest absolute Gasteiger partial charge is 0.493 e. The summed E-state index contributed by atoms with van der Waals surface area (Å²) in [6.45, 7) is 1.38. The van der Waals surface area contributed by atoms with Gasteiger partial charge >= 0.3 is 6.61 Å². The highest BCUT2D eigenvalue weighted by molar-refractivity contribution is 5.87. The maximum absolute atomic E-state index is 13.6. The number of carbonyl (C=O) groups is 2. The summed E-state index contributed by atoms with van der Waals surface area (Å²) in [6, 6.07) is 8.16. The van der Waals surface area contributed by atoms with Crippen LogP contribution in [0.4, 0.5) is 13.2 Å². The van der Waals surface area contributed by atoms with E-state index in [9.17, 15) is 22.8 Å². The highest BCUT2D eigenvalue weighted by Gasteiger charge is 2.39. The molecule has 1 heterocycles. The molecule has 0 spiro atoms. The van der Waals surface area contributed by atoms with E-state index in [1.54, 1.807) is 25.1 Å². The van der Waals surface area contributed by atoms with Crippen LogP contribution in [-0.2, 0) is 16.1 Å². The normalized spacial score (nSPS) is 19.1. The molecule has 0 aromatic heterocycles. The molecule has 10 heteroatoms. The van der Waals surface area contributed by atoms with E-state index in [-0.39, 0.29) is 35.8 Å². The summed E-state index contributed by atoms with van der Waals surface area (Å²) in [6.07, 6.45) is 2.44. The molecular formula is C27H31F3N2O5. The zero-order valence-electron chi connectivity index (χ0n) is 20.8. The highest BCUT2D eigenvalue weighted by Crippen LogP contribution is 2.39. The molecule has 2 aromatic carbocycles. The van der Waals surface area contributed by atoms with Crippen molar-refractivity contribution in [2.75, 3.05) is 19.8 Å². The smallest absolute Gasteiger partial charge is 0.387 e. The van der Waals surface area contributed by atoms with E-state index in [0.29, 0.717) is 43.4 Å². The van der Waals surface area contributed by atoms with Gasteiger partial charge in [0.15, 0.2) is 11.5 Å². The Bertz CT molecular complexity index is 1130. The zero-order valence-corrected chi connectivity index (χ0v) is 20.8. The molecule has 1 N–H and O–H groups in total. The van der Waals surface area contributed by atoms with Gasteiger partial charge in [0, 0.05) is 37.6 Å². The Morgan fingerprint density at radius 1 is 1.08 bits per heavy atom. The molecule has 200 valence electrons. The highest BCUT2D eigenvalue weighted by atomic mass is 19.3. The van der Waals surface area contributed by atoms with Crippen molar-refractivity contribution in [2.45, 2.75) is 58.2 Å². The quantitative estimate of drug-likeness (QED) is 0.467. The van der Waals surface area contributed by atoms with Gasteiger partial charge in [-0.25, -0.2) is 4.39 Å². The summed E-state index contributed by atoms with van der Waals surface area (Å²) in [5.74, 6) is -0.278. The first kappa shape index (κ1) is 26.6. The second kappa shape index (κ2) is 11.7. The Morgan fingerprint density at radius 3 is 2.54 bits per heavy atom. The van der Waals surface area contributed by atoms with Crippen molar-refractivity contribution in [2.24, 2.45) is 5.92 Å². The molecule has 2 aliphatic rings. The lowest BCUT2D eigenvalue weighted by atomic mass is 9.95. The van der Waals surface area contributed by atoms with Crippen LogP contribution in [0.3, 0.4) is 0 Å². The minimum Gasteiger partial charge on any atom is -0.493 e. The third-order valence-corrected chi connectivity index (χ3v) is 6.62. The third kappa shape index (κ3) is 6.87. The second-order valence-corrected chi connectivity index (χ2v) is 9.36. The molecule has 1 saturated carbocycles. The molecule has 4 rings (SSSR count). The van der Waals surface area contributed by atoms with Gasteiger partial charge in [-0.05, 0) is 55.9 Å². The number of nitrogens with zero attached hydrogens (tertiary/aromatic N) is 1. The molecular weight excluding hydrogens is 489 g/mol. The van der Waals surface area contributed by atoms with Gasteiger partial charge in [-0.2, -0.15) is 8.78 Å². The summed E-state index contributed by atoms with van der Waals surface area (Å²) in [5, 5.41) is 2.83. The van der Waals surface area contributed by atoms with E-state index >= 15 is 0 Å². The average molecular weight is 521 g/mol. The summed E-state index contributed by atoms with van der Waals surface area (Å²) in [4.78, 5) is 27.0. The molecule has 7 nitrogen and oxygen atoms in total. The Labute approximate surface area is 213 Å². The first-order valence-corrected chi connectivity index (χ1v) is 12.4. The van der Waals surface area contributed by atoms with Crippen LogP contribution in [0.15, 0.2) is 36.4 Å². The SMILES string of the molecule is CCOc1cc(F)ccc1CNC(=O)[C@H]1CC(c2ccc(OC(F)F)c(OCC3CC3)c2)CN1C(C)=O. The summed E-state index contributed by atoms with van der Waals surface area (Å²) in [7, 11) is 0. The maximum Gasteiger partial charge on any atom is 0.387 e. The van der Waals surface area contributed by atoms with Crippen molar-refractivity contribution in [3.8, 4) is 17.2 Å². The van der Waals surface area contributed by atoms with E-state index < -0.39 is 18.5 Å². The predicted molar refractivity (Wildman–Crippen MR) is 129 cm³/mol. The van der Waals surface area contributed by atoms with Crippen LogP contribution < -0.4 is 19.5 Å². The molecule has 37 heavy (non-hydrogen) atoms. The number of rotatable bonds is 11. The van der Waals surface area contributed by atoms with Gasteiger partial charge < -0.3 is 24.4 Å². The predicted octanol–water partition coefficient (Wildman–Crippen LogP) is 4.64. The number of likely N-dealkylation sites (tertiary alicyclic amines) is 1. The van der Waals surface area contributed by atoms with Crippen LogP contribution in [0, 0.1) is 11.7 Å². The van der Waals surface area contributed by atoms with E-state index in [0.717, 1.165) is 18.4 Å². The fourth-order valence-electron chi connectivity index (χ4n) is 4.52. The van der Waals surface area contributed by atoms with Gasteiger partial charge in [0.2, 0.25) is 11.8 Å². The van der Waals surface area contributed by atoms with Crippen LogP contribution in [0.2, 0.25) is 0 Å². The minimum atomic E-state index is -2.98. The van der Waals surface area contributed by atoms with Gasteiger partial charge in [0.1, 0.15) is 17.6 Å². The van der Waals surface area contributed by atoms with Crippen LogP contribution >= 0.6 is 0 Å². The number of amides is 2. The van der Waals surface area contributed by atoms with E-state index in [1.807, 2.05) is 0 Å². The van der Waals surface area contributed by atoms with Crippen LogP contribution in [-0.4, -0.2) is 49.1 Å². The zero-order chi connectivity index (χ0) is 26.5. The maximum atomic E-state index is 13.6. The fourth-order valence-corrected chi connectivity index (χ4v) is 4.52. The number of benzene rings is 2. The molecule has 1 unspecified atom stereocenters. The molecule has 0 radical (unpaired) electrons. The van der Waals surface area contributed by atoms with Crippen LogP contribution in [0.25, 0.3) is 0 Å². The number of carbonyl (C=O) groups excluding carboxylic acids is 2. The second-order valence-electron chi connectivity index (χ2n) is 9.36. The topological polar surface area (TPSA) is 77.1 Å². The lowest BCUT2D eigenvalue weighted by Crippen LogP contribution is -2.44. The van der Waals surface area contributed by atoms with Crippen molar-refractivity contribution >= 4 is 11.8 Å². The Morgan fingerprint density at radius 2 is 1.86 bits per heavy atom. The Hall–Kier alpha value is -3.43. The molecule has 0 bridgehead atoms. The van der Waals surface area contributed by atoms with E-state index in [2.05, 4.69) is 10.1 Å². The van der Waals surface area contributed by atoms with Gasteiger partial charge in [-0.1, -0.05) is 12.1 Å². The summed E-state index contributed by atoms with van der Waals surface area (Å²) in [5.41, 5.74) is 1.39. The number of halogens is 3. The first-order valence-electron chi connectivity index (χ1n) is 12.4. The van der Waals surface area contributed by atoms with Gasteiger partial charge in [0.05, 0.1) is 13.2 Å². The van der Waals surface area contributed by atoms with Crippen LogP contribution in [0.1, 0.15) is 50.2 Å². The average Bonchev–Trinajstić information content (AvgIpc) is 3.57. The first-order chi connectivity index (χ1) is 17.7. The molecule has 1 saturated heterocycles. The Balaban J connectivity index is 1.47. The fraction of sp³-hybridized carbons (Fsp3) is 0.481. The third-order valence-electron chi connectivity index (χ3n) is 6.62. The molecule has 2 fully saturated rings. The molecule has 1 aliphatic heterocycles. The van der Waals surface area contributed by atoms with E-state index in [1.165, 1.54) is 30.0 Å². The molecule has 2 aromatic rings. The van der Waals surface area contributed by atoms with Gasteiger partial charge in [-0.15, -0.1) is 0 Å².